The number of carbonyl (C=O) groups excluding carboxylic acids is 1. The maximum atomic E-state index is 12.3. The maximum Gasteiger partial charge on any atom is 0.227 e. The van der Waals surface area contributed by atoms with Gasteiger partial charge < -0.3 is 4.90 Å². The second-order valence-corrected chi connectivity index (χ2v) is 5.00. The molecule has 1 aliphatic rings. The van der Waals surface area contributed by atoms with Gasteiger partial charge in [-0.25, -0.2) is 0 Å². The molecule has 0 saturated heterocycles. The summed E-state index contributed by atoms with van der Waals surface area (Å²) in [4.78, 5) is 14.3. The molecule has 0 aliphatic carbocycles. The van der Waals surface area contributed by atoms with Gasteiger partial charge in [-0.3, -0.25) is 4.79 Å². The first-order valence-corrected chi connectivity index (χ1v) is 6.71. The fraction of sp³-hybridized carbons (Fsp3) is 0.235. The Hall–Kier alpha value is -2.09. The SMILES string of the molecule is O=C(Cc1ccccc1)N1CCc2ccccc2C1. The number of benzene rings is 2. The van der Waals surface area contributed by atoms with E-state index in [2.05, 4.69) is 18.2 Å². The first kappa shape index (κ1) is 12.0. The van der Waals surface area contributed by atoms with Crippen LogP contribution >= 0.6 is 0 Å². The topological polar surface area (TPSA) is 20.3 Å². The van der Waals surface area contributed by atoms with Gasteiger partial charge in [0.1, 0.15) is 0 Å². The molecule has 19 heavy (non-hydrogen) atoms. The summed E-state index contributed by atoms with van der Waals surface area (Å²) in [5.41, 5.74) is 3.76. The Morgan fingerprint density at radius 1 is 0.947 bits per heavy atom. The first-order valence-electron chi connectivity index (χ1n) is 6.71. The van der Waals surface area contributed by atoms with E-state index in [4.69, 9.17) is 0 Å². The summed E-state index contributed by atoms with van der Waals surface area (Å²) in [7, 11) is 0. The summed E-state index contributed by atoms with van der Waals surface area (Å²) in [5.74, 6) is 0.223. The number of amides is 1. The predicted octanol–water partition coefficient (Wildman–Crippen LogP) is 2.81. The average molecular weight is 251 g/mol. The Bertz CT molecular complexity index is 577. The molecule has 3 rings (SSSR count). The molecule has 1 heterocycles. The van der Waals surface area contributed by atoms with Crippen LogP contribution in [-0.2, 0) is 24.2 Å². The van der Waals surface area contributed by atoms with Crippen LogP contribution < -0.4 is 0 Å². The van der Waals surface area contributed by atoms with E-state index in [0.29, 0.717) is 6.42 Å². The van der Waals surface area contributed by atoms with E-state index in [-0.39, 0.29) is 5.91 Å². The highest BCUT2D eigenvalue weighted by molar-refractivity contribution is 5.79. The van der Waals surface area contributed by atoms with E-state index >= 15 is 0 Å². The van der Waals surface area contributed by atoms with Gasteiger partial charge in [0.2, 0.25) is 5.91 Å². The summed E-state index contributed by atoms with van der Waals surface area (Å²) in [6.45, 7) is 1.59. The van der Waals surface area contributed by atoms with Crippen molar-refractivity contribution in [2.45, 2.75) is 19.4 Å². The van der Waals surface area contributed by atoms with Crippen LogP contribution in [0.5, 0.6) is 0 Å². The van der Waals surface area contributed by atoms with Crippen LogP contribution in [-0.4, -0.2) is 17.4 Å². The van der Waals surface area contributed by atoms with E-state index < -0.39 is 0 Å². The van der Waals surface area contributed by atoms with Crippen LogP contribution in [0.25, 0.3) is 0 Å². The van der Waals surface area contributed by atoms with E-state index in [1.165, 1.54) is 11.1 Å². The zero-order chi connectivity index (χ0) is 13.1. The molecule has 2 nitrogen and oxygen atoms in total. The van der Waals surface area contributed by atoms with Gasteiger partial charge in [0.05, 0.1) is 6.42 Å². The second-order valence-electron chi connectivity index (χ2n) is 5.00. The maximum absolute atomic E-state index is 12.3. The van der Waals surface area contributed by atoms with Gasteiger partial charge in [0, 0.05) is 13.1 Å². The number of carbonyl (C=O) groups is 1. The molecule has 2 heteroatoms. The van der Waals surface area contributed by atoms with Gasteiger partial charge in [-0.2, -0.15) is 0 Å². The number of hydrogen-bond acceptors (Lipinski definition) is 1. The highest BCUT2D eigenvalue weighted by Gasteiger charge is 2.20. The fourth-order valence-electron chi connectivity index (χ4n) is 2.59. The monoisotopic (exact) mass is 251 g/mol. The highest BCUT2D eigenvalue weighted by atomic mass is 16.2. The molecular weight excluding hydrogens is 234 g/mol. The second kappa shape index (κ2) is 5.27. The molecule has 1 amide bonds. The average Bonchev–Trinajstić information content (AvgIpc) is 2.48. The van der Waals surface area contributed by atoms with Gasteiger partial charge in [-0.05, 0) is 23.1 Å². The Balaban J connectivity index is 1.70. The molecule has 0 atom stereocenters. The van der Waals surface area contributed by atoms with Crippen molar-refractivity contribution in [3.8, 4) is 0 Å². The minimum atomic E-state index is 0.223. The van der Waals surface area contributed by atoms with Crippen molar-refractivity contribution in [2.24, 2.45) is 0 Å². The summed E-state index contributed by atoms with van der Waals surface area (Å²) in [5, 5.41) is 0. The van der Waals surface area contributed by atoms with Crippen LogP contribution in [0.1, 0.15) is 16.7 Å². The van der Waals surface area contributed by atoms with E-state index in [1.807, 2.05) is 41.3 Å². The summed E-state index contributed by atoms with van der Waals surface area (Å²) >= 11 is 0. The molecular formula is C17H17NO. The van der Waals surface area contributed by atoms with Crippen molar-refractivity contribution in [2.75, 3.05) is 6.54 Å². The van der Waals surface area contributed by atoms with Crippen molar-refractivity contribution in [1.82, 2.24) is 4.90 Å². The number of nitrogens with zero attached hydrogens (tertiary/aromatic N) is 1. The smallest absolute Gasteiger partial charge is 0.227 e. The van der Waals surface area contributed by atoms with Crippen LogP contribution in [0.15, 0.2) is 54.6 Å². The highest BCUT2D eigenvalue weighted by Crippen LogP contribution is 2.19. The predicted molar refractivity (Wildman–Crippen MR) is 75.7 cm³/mol. The van der Waals surface area contributed by atoms with Crippen molar-refractivity contribution < 1.29 is 4.79 Å². The number of fused-ring (bicyclic) bond motifs is 1. The molecule has 1 aliphatic heterocycles. The third kappa shape index (κ3) is 2.68. The third-order valence-electron chi connectivity index (χ3n) is 3.68. The minimum Gasteiger partial charge on any atom is -0.338 e. The van der Waals surface area contributed by atoms with Crippen LogP contribution in [0.2, 0.25) is 0 Å². The Morgan fingerprint density at radius 2 is 1.63 bits per heavy atom. The van der Waals surface area contributed by atoms with E-state index in [0.717, 1.165) is 25.1 Å². The lowest BCUT2D eigenvalue weighted by molar-refractivity contribution is -0.131. The third-order valence-corrected chi connectivity index (χ3v) is 3.68. The normalized spacial score (nSPS) is 14.0. The molecule has 0 radical (unpaired) electrons. The lowest BCUT2D eigenvalue weighted by Crippen LogP contribution is -2.36. The van der Waals surface area contributed by atoms with Gasteiger partial charge in [-0.15, -0.1) is 0 Å². The van der Waals surface area contributed by atoms with Gasteiger partial charge >= 0.3 is 0 Å². The molecule has 0 N–H and O–H groups in total. The number of hydrogen-bond donors (Lipinski definition) is 0. The van der Waals surface area contributed by atoms with E-state index in [9.17, 15) is 4.79 Å². The molecule has 0 unspecified atom stereocenters. The molecule has 2 aromatic carbocycles. The molecule has 0 spiro atoms. The van der Waals surface area contributed by atoms with Crippen molar-refractivity contribution in [1.29, 1.82) is 0 Å². The first-order chi connectivity index (χ1) is 9.33. The Kier molecular flexibility index (Phi) is 3.32. The van der Waals surface area contributed by atoms with Crippen LogP contribution in [0, 0.1) is 0 Å². The van der Waals surface area contributed by atoms with Gasteiger partial charge in [0.25, 0.3) is 0 Å². The molecule has 96 valence electrons. The standard InChI is InChI=1S/C17H17NO/c19-17(12-14-6-2-1-3-7-14)18-11-10-15-8-4-5-9-16(15)13-18/h1-9H,10-13H2. The fourth-order valence-corrected chi connectivity index (χ4v) is 2.59. The summed E-state index contributed by atoms with van der Waals surface area (Å²) in [6, 6.07) is 18.4. The van der Waals surface area contributed by atoms with Crippen molar-refractivity contribution >= 4 is 5.91 Å². The van der Waals surface area contributed by atoms with Crippen LogP contribution in [0.3, 0.4) is 0 Å². The zero-order valence-corrected chi connectivity index (χ0v) is 10.9. The van der Waals surface area contributed by atoms with Crippen molar-refractivity contribution in [3.63, 3.8) is 0 Å². The largest absolute Gasteiger partial charge is 0.338 e. The van der Waals surface area contributed by atoms with E-state index in [1.54, 1.807) is 0 Å². The lowest BCUT2D eigenvalue weighted by atomic mass is 9.99. The minimum absolute atomic E-state index is 0.223. The quantitative estimate of drug-likeness (QED) is 0.803. The Labute approximate surface area is 113 Å². The number of rotatable bonds is 2. The van der Waals surface area contributed by atoms with Crippen molar-refractivity contribution in [3.05, 3.63) is 71.3 Å². The summed E-state index contributed by atoms with van der Waals surface area (Å²) < 4.78 is 0. The molecule has 0 fully saturated rings. The molecule has 2 aromatic rings. The van der Waals surface area contributed by atoms with Gasteiger partial charge in [-0.1, -0.05) is 54.6 Å². The lowest BCUT2D eigenvalue weighted by Gasteiger charge is -2.29. The Morgan fingerprint density at radius 3 is 2.42 bits per heavy atom. The molecule has 0 bridgehead atoms. The molecule has 0 aromatic heterocycles. The summed E-state index contributed by atoms with van der Waals surface area (Å²) in [6.07, 6.45) is 1.47. The van der Waals surface area contributed by atoms with Gasteiger partial charge in [0.15, 0.2) is 0 Å². The zero-order valence-electron chi connectivity index (χ0n) is 10.9. The molecule has 0 saturated carbocycles. The van der Waals surface area contributed by atoms with Crippen LogP contribution in [0.4, 0.5) is 0 Å².